The summed E-state index contributed by atoms with van der Waals surface area (Å²) in [4.78, 5) is 13.1. The van der Waals surface area contributed by atoms with Crippen LogP contribution < -0.4 is 5.43 Å². The first-order valence-corrected chi connectivity index (χ1v) is 8.68. The van der Waals surface area contributed by atoms with Crippen LogP contribution in [0.1, 0.15) is 18.2 Å². The van der Waals surface area contributed by atoms with Crippen molar-refractivity contribution in [1.82, 2.24) is 0 Å². The number of hydrogen-bond donors (Lipinski definition) is 1. The Hall–Kier alpha value is -3.28. The average Bonchev–Trinajstić information content (AvgIpc) is 2.66. The Bertz CT molecular complexity index is 1270. The SMILES string of the molecule is CCc1cc2c(=O)c(-c3ccc4ccccc4c3)c(C(F)(F)F)oc2cc1O. The molecule has 0 aliphatic heterocycles. The van der Waals surface area contributed by atoms with E-state index in [-0.39, 0.29) is 22.3 Å². The smallest absolute Gasteiger partial charge is 0.450 e. The molecule has 6 heteroatoms. The van der Waals surface area contributed by atoms with Crippen LogP contribution in [0.2, 0.25) is 0 Å². The molecule has 1 heterocycles. The quantitative estimate of drug-likeness (QED) is 0.468. The molecule has 28 heavy (non-hydrogen) atoms. The molecular weight excluding hydrogens is 369 g/mol. The summed E-state index contributed by atoms with van der Waals surface area (Å²) in [6, 6.07) is 14.4. The van der Waals surface area contributed by atoms with Crippen LogP contribution in [0.15, 0.2) is 63.8 Å². The van der Waals surface area contributed by atoms with E-state index in [0.717, 1.165) is 11.5 Å². The van der Waals surface area contributed by atoms with Gasteiger partial charge in [0.05, 0.1) is 10.9 Å². The van der Waals surface area contributed by atoms with Crippen LogP contribution in [0, 0.1) is 0 Å². The minimum absolute atomic E-state index is 0.00538. The second kappa shape index (κ2) is 6.41. The van der Waals surface area contributed by atoms with Gasteiger partial charge in [-0.25, -0.2) is 0 Å². The summed E-state index contributed by atoms with van der Waals surface area (Å²) in [5.41, 5.74) is -1.01. The molecule has 1 aromatic heterocycles. The predicted molar refractivity (Wildman–Crippen MR) is 101 cm³/mol. The first-order valence-electron chi connectivity index (χ1n) is 8.68. The Morgan fingerprint density at radius 2 is 1.71 bits per heavy atom. The third kappa shape index (κ3) is 2.91. The zero-order valence-corrected chi connectivity index (χ0v) is 14.8. The highest BCUT2D eigenvalue weighted by Gasteiger charge is 2.39. The van der Waals surface area contributed by atoms with E-state index in [9.17, 15) is 23.1 Å². The van der Waals surface area contributed by atoms with Crippen molar-refractivity contribution in [1.29, 1.82) is 0 Å². The highest BCUT2D eigenvalue weighted by molar-refractivity contribution is 5.90. The van der Waals surface area contributed by atoms with Gasteiger partial charge < -0.3 is 9.52 Å². The van der Waals surface area contributed by atoms with Crippen molar-refractivity contribution in [3.8, 4) is 16.9 Å². The van der Waals surface area contributed by atoms with Gasteiger partial charge in [-0.05, 0) is 40.5 Å². The number of rotatable bonds is 2. The lowest BCUT2D eigenvalue weighted by Gasteiger charge is -2.14. The van der Waals surface area contributed by atoms with Crippen molar-refractivity contribution >= 4 is 21.7 Å². The number of phenols is 1. The summed E-state index contributed by atoms with van der Waals surface area (Å²) >= 11 is 0. The van der Waals surface area contributed by atoms with Crippen molar-refractivity contribution in [2.75, 3.05) is 0 Å². The molecule has 0 unspecified atom stereocenters. The van der Waals surface area contributed by atoms with Gasteiger partial charge in [0, 0.05) is 6.07 Å². The molecule has 0 amide bonds. The molecule has 0 bridgehead atoms. The zero-order chi connectivity index (χ0) is 20.1. The van der Waals surface area contributed by atoms with Gasteiger partial charge in [0.1, 0.15) is 11.3 Å². The number of fused-ring (bicyclic) bond motifs is 2. The minimum atomic E-state index is -4.87. The molecule has 4 aromatic rings. The van der Waals surface area contributed by atoms with Crippen LogP contribution in [-0.2, 0) is 12.6 Å². The highest BCUT2D eigenvalue weighted by atomic mass is 19.4. The molecule has 0 atom stereocenters. The highest BCUT2D eigenvalue weighted by Crippen LogP contribution is 2.39. The number of aryl methyl sites for hydroxylation is 1. The Labute approximate surface area is 157 Å². The molecule has 142 valence electrons. The summed E-state index contributed by atoms with van der Waals surface area (Å²) in [5, 5.41) is 11.5. The van der Waals surface area contributed by atoms with Crippen LogP contribution in [0.25, 0.3) is 32.9 Å². The summed E-state index contributed by atoms with van der Waals surface area (Å²) in [5.74, 6) is -1.58. The van der Waals surface area contributed by atoms with Gasteiger partial charge in [-0.15, -0.1) is 0 Å². The number of benzene rings is 3. The lowest BCUT2D eigenvalue weighted by atomic mass is 9.98. The van der Waals surface area contributed by atoms with Gasteiger partial charge in [0.2, 0.25) is 11.2 Å². The second-order valence-electron chi connectivity index (χ2n) is 6.53. The Morgan fingerprint density at radius 1 is 1.00 bits per heavy atom. The third-order valence-corrected chi connectivity index (χ3v) is 4.77. The number of hydrogen-bond acceptors (Lipinski definition) is 3. The Balaban J connectivity index is 2.11. The monoisotopic (exact) mass is 384 g/mol. The third-order valence-electron chi connectivity index (χ3n) is 4.77. The molecule has 0 radical (unpaired) electrons. The average molecular weight is 384 g/mol. The maximum Gasteiger partial charge on any atom is 0.450 e. The van der Waals surface area contributed by atoms with Crippen molar-refractivity contribution in [2.45, 2.75) is 19.5 Å². The van der Waals surface area contributed by atoms with Gasteiger partial charge in [-0.3, -0.25) is 4.79 Å². The van der Waals surface area contributed by atoms with E-state index < -0.39 is 22.9 Å². The lowest BCUT2D eigenvalue weighted by molar-refractivity contribution is -0.152. The molecule has 0 saturated carbocycles. The van der Waals surface area contributed by atoms with E-state index in [4.69, 9.17) is 4.42 Å². The molecule has 1 N–H and O–H groups in total. The molecule has 0 aliphatic carbocycles. The first kappa shape index (κ1) is 18.1. The van der Waals surface area contributed by atoms with Crippen LogP contribution in [0.5, 0.6) is 5.75 Å². The van der Waals surface area contributed by atoms with Gasteiger partial charge in [0.15, 0.2) is 0 Å². The number of aromatic hydroxyl groups is 1. The standard InChI is InChI=1S/C22H15F3O3/c1-2-12-10-16-18(11-17(12)26)28-21(22(23,24)25)19(20(16)27)15-8-7-13-5-3-4-6-14(13)9-15/h3-11,26H,2H2,1H3. The molecule has 3 nitrogen and oxygen atoms in total. The van der Waals surface area contributed by atoms with E-state index in [0.29, 0.717) is 17.4 Å². The lowest BCUT2D eigenvalue weighted by Crippen LogP contribution is -2.16. The van der Waals surface area contributed by atoms with Crippen LogP contribution >= 0.6 is 0 Å². The van der Waals surface area contributed by atoms with Crippen LogP contribution in [0.3, 0.4) is 0 Å². The van der Waals surface area contributed by atoms with E-state index >= 15 is 0 Å². The summed E-state index contributed by atoms with van der Waals surface area (Å²) < 4.78 is 46.2. The van der Waals surface area contributed by atoms with Gasteiger partial charge in [-0.1, -0.05) is 43.3 Å². The van der Waals surface area contributed by atoms with Crippen molar-refractivity contribution in [2.24, 2.45) is 0 Å². The topological polar surface area (TPSA) is 50.4 Å². The molecular formula is C22H15F3O3. The predicted octanol–water partition coefficient (Wildman–Crippen LogP) is 5.90. The molecule has 4 rings (SSSR count). The number of halogens is 3. The van der Waals surface area contributed by atoms with Gasteiger partial charge >= 0.3 is 6.18 Å². The Kier molecular flexibility index (Phi) is 4.14. The zero-order valence-electron chi connectivity index (χ0n) is 14.8. The fourth-order valence-corrected chi connectivity index (χ4v) is 3.36. The Morgan fingerprint density at radius 3 is 2.39 bits per heavy atom. The van der Waals surface area contributed by atoms with Crippen molar-refractivity contribution in [3.63, 3.8) is 0 Å². The normalized spacial score (nSPS) is 12.0. The fourth-order valence-electron chi connectivity index (χ4n) is 3.36. The van der Waals surface area contributed by atoms with Crippen molar-refractivity contribution < 1.29 is 22.7 Å². The van der Waals surface area contributed by atoms with Gasteiger partial charge in [-0.2, -0.15) is 13.2 Å². The molecule has 0 fully saturated rings. The summed E-state index contributed by atoms with van der Waals surface area (Å²) in [6.45, 7) is 1.77. The van der Waals surface area contributed by atoms with E-state index in [1.54, 1.807) is 31.2 Å². The second-order valence-corrected chi connectivity index (χ2v) is 6.53. The first-order chi connectivity index (χ1) is 13.3. The molecule has 0 aliphatic rings. The van der Waals surface area contributed by atoms with E-state index in [2.05, 4.69) is 0 Å². The van der Waals surface area contributed by atoms with Crippen LogP contribution in [0.4, 0.5) is 13.2 Å². The maximum absolute atomic E-state index is 13.7. The summed E-state index contributed by atoms with van der Waals surface area (Å²) in [6.07, 6.45) is -4.44. The maximum atomic E-state index is 13.7. The van der Waals surface area contributed by atoms with Gasteiger partial charge in [0.25, 0.3) is 0 Å². The summed E-state index contributed by atoms with van der Waals surface area (Å²) in [7, 11) is 0. The minimum Gasteiger partial charge on any atom is -0.508 e. The molecule has 0 spiro atoms. The number of alkyl halides is 3. The van der Waals surface area contributed by atoms with Crippen LogP contribution in [-0.4, -0.2) is 5.11 Å². The van der Waals surface area contributed by atoms with E-state index in [1.165, 1.54) is 12.1 Å². The molecule has 3 aromatic carbocycles. The van der Waals surface area contributed by atoms with Crippen molar-refractivity contribution in [3.05, 3.63) is 76.1 Å². The largest absolute Gasteiger partial charge is 0.508 e. The fraction of sp³-hybridized carbons (Fsp3) is 0.136. The van der Waals surface area contributed by atoms with E-state index in [1.807, 2.05) is 12.1 Å². The molecule has 0 saturated heterocycles. The number of phenolic OH excluding ortho intramolecular Hbond substituents is 1.